The predicted molar refractivity (Wildman–Crippen MR) is 65.1 cm³/mol. The van der Waals surface area contributed by atoms with Crippen LogP contribution < -0.4 is 5.32 Å². The highest BCUT2D eigenvalue weighted by molar-refractivity contribution is 4.91. The number of nitrogens with zero attached hydrogens (tertiary/aromatic N) is 1. The van der Waals surface area contributed by atoms with E-state index in [1.54, 1.807) is 0 Å². The quantitative estimate of drug-likeness (QED) is 0.752. The molecule has 0 spiro atoms. The van der Waals surface area contributed by atoms with Crippen molar-refractivity contribution >= 4 is 0 Å². The van der Waals surface area contributed by atoms with Gasteiger partial charge < -0.3 is 5.32 Å². The lowest BCUT2D eigenvalue weighted by Crippen LogP contribution is -2.61. The molecule has 1 heterocycles. The normalized spacial score (nSPS) is 33.4. The first-order valence-corrected chi connectivity index (χ1v) is 6.56. The van der Waals surface area contributed by atoms with Gasteiger partial charge in [-0.3, -0.25) is 4.90 Å². The smallest absolute Gasteiger partial charge is 0.0252 e. The second-order valence-electron chi connectivity index (χ2n) is 6.19. The van der Waals surface area contributed by atoms with Gasteiger partial charge >= 0.3 is 0 Å². The molecule has 1 N–H and O–H groups in total. The molecule has 2 heteroatoms. The Kier molecular flexibility index (Phi) is 3.36. The van der Waals surface area contributed by atoms with E-state index < -0.39 is 0 Å². The van der Waals surface area contributed by atoms with Crippen LogP contribution >= 0.6 is 0 Å². The number of piperazine rings is 1. The maximum Gasteiger partial charge on any atom is 0.0252 e. The number of nitrogens with one attached hydrogen (secondary N) is 1. The summed E-state index contributed by atoms with van der Waals surface area (Å²) in [5.41, 5.74) is 0.311. The van der Waals surface area contributed by atoms with Gasteiger partial charge in [-0.1, -0.05) is 12.8 Å². The van der Waals surface area contributed by atoms with Crippen LogP contribution in [0.4, 0.5) is 0 Å². The first kappa shape index (κ1) is 11.4. The van der Waals surface area contributed by atoms with E-state index in [-0.39, 0.29) is 0 Å². The summed E-state index contributed by atoms with van der Waals surface area (Å²) in [6.45, 7) is 10.7. The molecule has 1 aliphatic carbocycles. The van der Waals surface area contributed by atoms with E-state index in [4.69, 9.17) is 0 Å². The minimum absolute atomic E-state index is 0.311. The SMILES string of the molecule is CC1CNC(C)(C)CN1CC1CCCC1. The summed E-state index contributed by atoms with van der Waals surface area (Å²) in [6.07, 6.45) is 5.87. The molecule has 0 aromatic rings. The molecule has 0 bridgehead atoms. The van der Waals surface area contributed by atoms with Gasteiger partial charge in [-0.05, 0) is 39.5 Å². The zero-order valence-corrected chi connectivity index (χ0v) is 10.6. The fourth-order valence-electron chi connectivity index (χ4n) is 3.04. The molecule has 2 rings (SSSR count). The maximum atomic E-state index is 3.62. The van der Waals surface area contributed by atoms with E-state index in [1.165, 1.54) is 38.8 Å². The summed E-state index contributed by atoms with van der Waals surface area (Å²) in [5.74, 6) is 0.987. The molecule has 0 aromatic carbocycles. The third-order valence-electron chi connectivity index (χ3n) is 4.07. The maximum absolute atomic E-state index is 3.62. The molecule has 2 nitrogen and oxygen atoms in total. The molecule has 1 saturated heterocycles. The Hall–Kier alpha value is -0.0800. The van der Waals surface area contributed by atoms with Gasteiger partial charge in [-0.2, -0.15) is 0 Å². The highest BCUT2D eigenvalue weighted by Gasteiger charge is 2.31. The van der Waals surface area contributed by atoms with E-state index in [0.717, 1.165) is 18.5 Å². The van der Waals surface area contributed by atoms with Crippen molar-refractivity contribution in [2.45, 2.75) is 58.0 Å². The van der Waals surface area contributed by atoms with Gasteiger partial charge in [0, 0.05) is 31.2 Å². The highest BCUT2D eigenvalue weighted by atomic mass is 15.2. The van der Waals surface area contributed by atoms with Crippen molar-refractivity contribution in [3.05, 3.63) is 0 Å². The summed E-state index contributed by atoms with van der Waals surface area (Å²) in [7, 11) is 0. The third kappa shape index (κ3) is 2.94. The molecule has 1 saturated carbocycles. The van der Waals surface area contributed by atoms with Crippen molar-refractivity contribution in [1.82, 2.24) is 10.2 Å². The molecule has 88 valence electrons. The minimum atomic E-state index is 0.311. The fraction of sp³-hybridized carbons (Fsp3) is 1.00. The predicted octanol–water partition coefficient (Wildman–Crippen LogP) is 2.25. The van der Waals surface area contributed by atoms with Crippen LogP contribution in [-0.4, -0.2) is 36.1 Å². The molecule has 2 aliphatic rings. The lowest BCUT2D eigenvalue weighted by atomic mass is 9.97. The van der Waals surface area contributed by atoms with Gasteiger partial charge in [0.2, 0.25) is 0 Å². The van der Waals surface area contributed by atoms with E-state index in [0.29, 0.717) is 5.54 Å². The number of rotatable bonds is 2. The second kappa shape index (κ2) is 4.42. The van der Waals surface area contributed by atoms with E-state index in [2.05, 4.69) is 31.0 Å². The third-order valence-corrected chi connectivity index (χ3v) is 4.07. The molecular formula is C13H26N2. The summed E-state index contributed by atoms with van der Waals surface area (Å²) >= 11 is 0. The summed E-state index contributed by atoms with van der Waals surface area (Å²) < 4.78 is 0. The Morgan fingerprint density at radius 2 is 1.93 bits per heavy atom. The van der Waals surface area contributed by atoms with Crippen molar-refractivity contribution in [3.63, 3.8) is 0 Å². The molecule has 0 amide bonds. The van der Waals surface area contributed by atoms with Crippen molar-refractivity contribution in [2.75, 3.05) is 19.6 Å². The summed E-state index contributed by atoms with van der Waals surface area (Å²) in [5, 5.41) is 3.62. The number of hydrogen-bond donors (Lipinski definition) is 1. The van der Waals surface area contributed by atoms with Gasteiger partial charge in [0.05, 0.1) is 0 Å². The average molecular weight is 210 g/mol. The Morgan fingerprint density at radius 1 is 1.27 bits per heavy atom. The van der Waals surface area contributed by atoms with Crippen LogP contribution in [0.2, 0.25) is 0 Å². The van der Waals surface area contributed by atoms with Gasteiger partial charge in [-0.15, -0.1) is 0 Å². The minimum Gasteiger partial charge on any atom is -0.309 e. The molecular weight excluding hydrogens is 184 g/mol. The van der Waals surface area contributed by atoms with Crippen molar-refractivity contribution in [1.29, 1.82) is 0 Å². The van der Waals surface area contributed by atoms with Gasteiger partial charge in [0.1, 0.15) is 0 Å². The fourth-order valence-corrected chi connectivity index (χ4v) is 3.04. The Balaban J connectivity index is 1.88. The van der Waals surface area contributed by atoms with Crippen LogP contribution in [0.15, 0.2) is 0 Å². The Morgan fingerprint density at radius 3 is 2.60 bits per heavy atom. The van der Waals surface area contributed by atoms with E-state index in [9.17, 15) is 0 Å². The van der Waals surface area contributed by atoms with Crippen molar-refractivity contribution in [2.24, 2.45) is 5.92 Å². The van der Waals surface area contributed by atoms with Gasteiger partial charge in [0.15, 0.2) is 0 Å². The lowest BCUT2D eigenvalue weighted by molar-refractivity contribution is 0.0887. The first-order chi connectivity index (χ1) is 7.07. The zero-order chi connectivity index (χ0) is 10.9. The van der Waals surface area contributed by atoms with Crippen molar-refractivity contribution < 1.29 is 0 Å². The van der Waals surface area contributed by atoms with E-state index in [1.807, 2.05) is 0 Å². The topological polar surface area (TPSA) is 15.3 Å². The van der Waals surface area contributed by atoms with E-state index >= 15 is 0 Å². The average Bonchev–Trinajstić information content (AvgIpc) is 2.64. The molecule has 1 aliphatic heterocycles. The molecule has 0 aromatic heterocycles. The second-order valence-corrected chi connectivity index (χ2v) is 6.19. The molecule has 15 heavy (non-hydrogen) atoms. The van der Waals surface area contributed by atoms with Crippen LogP contribution in [0.3, 0.4) is 0 Å². The summed E-state index contributed by atoms with van der Waals surface area (Å²) in [4.78, 5) is 2.70. The van der Waals surface area contributed by atoms with Crippen molar-refractivity contribution in [3.8, 4) is 0 Å². The summed E-state index contributed by atoms with van der Waals surface area (Å²) in [6, 6.07) is 0.721. The number of hydrogen-bond acceptors (Lipinski definition) is 2. The highest BCUT2D eigenvalue weighted by Crippen LogP contribution is 2.27. The molecule has 0 radical (unpaired) electrons. The van der Waals surface area contributed by atoms with Gasteiger partial charge in [-0.25, -0.2) is 0 Å². The van der Waals surface area contributed by atoms with Crippen LogP contribution in [0.1, 0.15) is 46.5 Å². The molecule has 1 atom stereocenters. The lowest BCUT2D eigenvalue weighted by Gasteiger charge is -2.44. The molecule has 2 fully saturated rings. The Labute approximate surface area is 94.4 Å². The van der Waals surface area contributed by atoms with Crippen LogP contribution in [0, 0.1) is 5.92 Å². The zero-order valence-electron chi connectivity index (χ0n) is 10.6. The Bertz CT molecular complexity index is 207. The van der Waals surface area contributed by atoms with Crippen LogP contribution in [0.25, 0.3) is 0 Å². The first-order valence-electron chi connectivity index (χ1n) is 6.56. The van der Waals surface area contributed by atoms with Crippen LogP contribution in [0.5, 0.6) is 0 Å². The van der Waals surface area contributed by atoms with Crippen LogP contribution in [-0.2, 0) is 0 Å². The standard InChI is InChI=1S/C13H26N2/c1-11-8-14-13(2,3)10-15(11)9-12-6-4-5-7-12/h11-12,14H,4-10H2,1-3H3. The molecule has 1 unspecified atom stereocenters. The van der Waals surface area contributed by atoms with Gasteiger partial charge in [0.25, 0.3) is 0 Å². The monoisotopic (exact) mass is 210 g/mol. The largest absolute Gasteiger partial charge is 0.309 e.